The molecule has 1 fully saturated rings. The molecule has 0 aliphatic carbocycles. The first kappa shape index (κ1) is 36.7. The van der Waals surface area contributed by atoms with Crippen molar-refractivity contribution < 1.29 is 24.2 Å². The van der Waals surface area contributed by atoms with Gasteiger partial charge in [-0.1, -0.05) is 90.2 Å². The van der Waals surface area contributed by atoms with Crippen molar-refractivity contribution >= 4 is 28.8 Å². The maximum absolute atomic E-state index is 10.5. The monoisotopic (exact) mass is 600 g/mol. The van der Waals surface area contributed by atoms with E-state index in [4.69, 9.17) is 4.74 Å². The molecule has 1 aromatic rings. The lowest BCUT2D eigenvalue weighted by molar-refractivity contribution is -0.932. The molecule has 0 aromatic heterocycles. The van der Waals surface area contributed by atoms with Crippen molar-refractivity contribution in [1.29, 1.82) is 0 Å². The number of unbranched alkanes of at least 4 members (excludes halogenated alkanes) is 11. The van der Waals surface area contributed by atoms with Crippen LogP contribution in [0.1, 0.15) is 117 Å². The second-order valence-electron chi connectivity index (χ2n) is 10.7. The number of benzene rings is 1. The fourth-order valence-electron chi connectivity index (χ4n) is 5.23. The number of aliphatic hydroxyl groups excluding tert-OH is 1. The van der Waals surface area contributed by atoms with Gasteiger partial charge in [0, 0.05) is 0 Å². The smallest absolute Gasteiger partial charge is 0.142 e. The molecule has 2 N–H and O–H groups in total. The number of aliphatic hydroxyl groups is 1. The van der Waals surface area contributed by atoms with Crippen LogP contribution in [0.3, 0.4) is 0 Å². The third-order valence-corrected chi connectivity index (χ3v) is 7.45. The van der Waals surface area contributed by atoms with Gasteiger partial charge in [0.15, 0.2) is 0 Å². The predicted octanol–water partition coefficient (Wildman–Crippen LogP) is 7.49. The minimum absolute atomic E-state index is 0. The molecule has 1 aliphatic heterocycles. The van der Waals surface area contributed by atoms with Gasteiger partial charge >= 0.3 is 0 Å². The lowest BCUT2D eigenvalue weighted by Crippen LogP contribution is -2.53. The Balaban J connectivity index is 0.000000703. The van der Waals surface area contributed by atoms with E-state index in [9.17, 15) is 15.0 Å². The topological polar surface area (TPSA) is 81.6 Å². The van der Waals surface area contributed by atoms with E-state index in [1.807, 2.05) is 6.07 Å². The van der Waals surface area contributed by atoms with Crippen molar-refractivity contribution in [3.8, 4) is 5.75 Å². The molecular weight excluding hydrogens is 544 g/mol. The van der Waals surface area contributed by atoms with E-state index in [-0.39, 0.29) is 17.0 Å². The summed E-state index contributed by atoms with van der Waals surface area (Å²) in [6.07, 6.45) is 19.9. The molecule has 0 spiro atoms. The van der Waals surface area contributed by atoms with Gasteiger partial charge in [-0.25, -0.2) is 0 Å². The molecule has 6 nitrogen and oxygen atoms in total. The summed E-state index contributed by atoms with van der Waals surface area (Å²) in [5, 5.41) is 22.0. The first-order chi connectivity index (χ1) is 18.1. The Labute approximate surface area is 243 Å². The van der Waals surface area contributed by atoms with Gasteiger partial charge in [-0.2, -0.15) is 0 Å². The average Bonchev–Trinajstić information content (AvgIpc) is 2.89. The summed E-state index contributed by atoms with van der Waals surface area (Å²) in [6, 6.07) is 6.96. The van der Waals surface area contributed by atoms with E-state index in [2.05, 4.69) is 19.2 Å². The number of likely N-dealkylation sites (tertiary alicyclic amines) is 1. The maximum atomic E-state index is 10.5. The number of hydrogen-bond acceptors (Lipinski definition) is 4. The number of anilines is 1. The molecule has 0 radical (unpaired) electrons. The number of hydrogen-bond donors (Lipinski definition) is 2. The van der Waals surface area contributed by atoms with E-state index in [0.717, 1.165) is 19.4 Å². The maximum Gasteiger partial charge on any atom is 0.142 e. The fraction of sp³-hybridized carbons (Fsp3) is 0.774. The zero-order valence-electron chi connectivity index (χ0n) is 24.4. The van der Waals surface area contributed by atoms with Crippen LogP contribution in [0, 0.1) is 0 Å². The molecule has 222 valence electrons. The van der Waals surface area contributed by atoms with Crippen molar-refractivity contribution in [1.82, 2.24) is 0 Å². The van der Waals surface area contributed by atoms with Gasteiger partial charge in [-0.3, -0.25) is 0 Å². The predicted molar refractivity (Wildman–Crippen MR) is 163 cm³/mol. The highest BCUT2D eigenvalue weighted by atomic mass is 79.9. The summed E-state index contributed by atoms with van der Waals surface area (Å²) in [5.41, 5.74) is 0.436. The van der Waals surface area contributed by atoms with Crippen molar-refractivity contribution in [3.05, 3.63) is 24.3 Å². The molecule has 1 aliphatic rings. The minimum atomic E-state index is -1.33. The van der Waals surface area contributed by atoms with Crippen molar-refractivity contribution in [2.75, 3.05) is 44.7 Å². The zero-order valence-corrected chi connectivity index (χ0v) is 26.1. The molecule has 1 saturated heterocycles. The number of carbonyl (C=O) groups is 1. The number of rotatable bonds is 19. The number of amides is 1. The number of quaternary nitrogens is 1. The molecule has 2 rings (SSSR count). The van der Waals surface area contributed by atoms with E-state index in [0.29, 0.717) is 24.7 Å². The number of halogens is 1. The van der Waals surface area contributed by atoms with Crippen LogP contribution in [0.15, 0.2) is 24.3 Å². The second kappa shape index (κ2) is 24.7. The first-order valence-corrected chi connectivity index (χ1v) is 15.2. The number of ether oxygens (including phenoxy) is 1. The van der Waals surface area contributed by atoms with Crippen LogP contribution in [0.2, 0.25) is 0 Å². The van der Waals surface area contributed by atoms with E-state index >= 15 is 0 Å². The summed E-state index contributed by atoms with van der Waals surface area (Å²) in [5.74, 6) is 0.553. The second-order valence-corrected chi connectivity index (χ2v) is 10.7. The average molecular weight is 602 g/mol. The molecule has 1 heterocycles. The van der Waals surface area contributed by atoms with Crippen LogP contribution in [0.4, 0.5) is 10.5 Å². The minimum Gasteiger partial charge on any atom is -0.530 e. The lowest BCUT2D eigenvalue weighted by atomic mass is 10.0. The summed E-state index contributed by atoms with van der Waals surface area (Å²) >= 11 is 0. The van der Waals surface area contributed by atoms with Gasteiger partial charge < -0.3 is 29.5 Å². The summed E-state index contributed by atoms with van der Waals surface area (Å²) < 4.78 is 6.78. The van der Waals surface area contributed by atoms with E-state index in [1.54, 1.807) is 18.2 Å². The van der Waals surface area contributed by atoms with E-state index < -0.39 is 6.09 Å². The normalized spacial score (nSPS) is 14.1. The van der Waals surface area contributed by atoms with Crippen LogP contribution < -0.4 is 15.2 Å². The zero-order chi connectivity index (χ0) is 27.0. The Morgan fingerprint density at radius 1 is 0.842 bits per heavy atom. The Bertz CT molecular complexity index is 678. The van der Waals surface area contributed by atoms with Crippen molar-refractivity contribution in [3.63, 3.8) is 0 Å². The van der Waals surface area contributed by atoms with Crippen molar-refractivity contribution in [2.24, 2.45) is 0 Å². The quantitative estimate of drug-likeness (QED) is 0.127. The molecular formula is C31H57BrN2O4. The molecule has 1 amide bonds. The molecule has 0 unspecified atom stereocenters. The highest BCUT2D eigenvalue weighted by Gasteiger charge is 2.28. The number of nitrogens with one attached hydrogen (secondary N) is 1. The Hall–Kier alpha value is -1.31. The lowest BCUT2D eigenvalue weighted by Gasteiger charge is -2.41. The van der Waals surface area contributed by atoms with Gasteiger partial charge in [-0.15, -0.1) is 17.0 Å². The Morgan fingerprint density at radius 3 is 1.97 bits per heavy atom. The molecule has 0 atom stereocenters. The Kier molecular flexibility index (Phi) is 23.9. The number of piperidine rings is 1. The van der Waals surface area contributed by atoms with Gasteiger partial charge in [0.1, 0.15) is 18.4 Å². The van der Waals surface area contributed by atoms with Gasteiger partial charge in [0.05, 0.1) is 38.5 Å². The number of para-hydroxylation sites is 2. The number of carbonyl (C=O) groups excluding carboxylic acids is 1. The van der Waals surface area contributed by atoms with Gasteiger partial charge in [0.25, 0.3) is 0 Å². The Morgan fingerprint density at radius 2 is 1.39 bits per heavy atom. The van der Waals surface area contributed by atoms with Crippen LogP contribution in [0.25, 0.3) is 0 Å². The van der Waals surface area contributed by atoms with Crippen LogP contribution in [0.5, 0.6) is 5.75 Å². The van der Waals surface area contributed by atoms with E-state index in [1.165, 1.54) is 114 Å². The van der Waals surface area contributed by atoms with Gasteiger partial charge in [0.2, 0.25) is 0 Å². The molecule has 7 heteroatoms. The SMILES string of the molecule is Br.CCCCCCCCCC[N+]1(CCO)CCCCC1.CCCCCCCOc1ccccc1NC(=O)[O-]. The largest absolute Gasteiger partial charge is 0.530 e. The first-order valence-electron chi connectivity index (χ1n) is 15.2. The number of nitrogens with zero attached hydrogens (tertiary/aromatic N) is 1. The van der Waals surface area contributed by atoms with Crippen molar-refractivity contribution in [2.45, 2.75) is 117 Å². The third kappa shape index (κ3) is 18.1. The van der Waals surface area contributed by atoms with Crippen LogP contribution in [-0.4, -0.2) is 55.1 Å². The highest BCUT2D eigenvalue weighted by Crippen LogP contribution is 2.24. The molecule has 0 bridgehead atoms. The van der Waals surface area contributed by atoms with Gasteiger partial charge in [-0.05, 0) is 50.7 Å². The summed E-state index contributed by atoms with van der Waals surface area (Å²) in [6.45, 7) is 10.4. The fourth-order valence-corrected chi connectivity index (χ4v) is 5.23. The molecule has 0 saturated carbocycles. The van der Waals surface area contributed by atoms with Crippen LogP contribution in [-0.2, 0) is 0 Å². The standard InChI is InChI=1S/C17H36NO.C14H21NO3.BrH/c1-2-3-4-5-6-7-8-10-13-18(16-17-19)14-11-9-12-15-18;1-2-3-4-5-8-11-18-13-10-7-6-9-12(13)15-14(16)17;/h19H,2-17H2,1H3;6-7,9-10,15H,2-5,8,11H2,1H3,(H,16,17);1H/q+1;;/p-1. The van der Waals surface area contributed by atoms with Crippen LogP contribution >= 0.6 is 17.0 Å². The molecule has 1 aromatic carbocycles. The third-order valence-electron chi connectivity index (χ3n) is 7.45. The number of carboxylic acid groups (broad SMARTS) is 1. The highest BCUT2D eigenvalue weighted by molar-refractivity contribution is 8.93. The summed E-state index contributed by atoms with van der Waals surface area (Å²) in [4.78, 5) is 10.5. The molecule has 38 heavy (non-hydrogen) atoms. The summed E-state index contributed by atoms with van der Waals surface area (Å²) in [7, 11) is 0.